The minimum absolute atomic E-state index is 0.000554. The van der Waals surface area contributed by atoms with Crippen molar-refractivity contribution in [3.8, 4) is 113 Å². The number of fused-ring (bicyclic) bond motifs is 5. The van der Waals surface area contributed by atoms with Crippen LogP contribution >= 0.6 is 58.0 Å². The van der Waals surface area contributed by atoms with Crippen LogP contribution in [0.2, 0.25) is 25.1 Å². The molecule has 20 rings (SSSR count). The van der Waals surface area contributed by atoms with Crippen molar-refractivity contribution in [1.29, 1.82) is 5.26 Å². The molecule has 2 aromatic carbocycles. The summed E-state index contributed by atoms with van der Waals surface area (Å²) in [5.74, 6) is 5.69. The van der Waals surface area contributed by atoms with Crippen molar-refractivity contribution in [2.75, 3.05) is 26.6 Å². The third kappa shape index (κ3) is 21.5. The molecule has 5 aliphatic heterocycles. The predicted molar refractivity (Wildman–Crippen MR) is 582 cm³/mol. The molecule has 0 bridgehead atoms. The molecule has 0 aliphatic carbocycles. The fourth-order valence-electron chi connectivity index (χ4n) is 16.5. The minimum atomic E-state index is -0.228. The van der Waals surface area contributed by atoms with E-state index < -0.39 is 0 Å². The summed E-state index contributed by atoms with van der Waals surface area (Å²) in [6, 6.07) is 43.9. The maximum Gasteiger partial charge on any atom is 0.269 e. The Morgan fingerprint density at radius 1 is 0.350 bits per heavy atom. The summed E-state index contributed by atoms with van der Waals surface area (Å²) in [5.41, 5.74) is 23.6. The van der Waals surface area contributed by atoms with Crippen LogP contribution in [0.15, 0.2) is 297 Å². The summed E-state index contributed by atoms with van der Waals surface area (Å²) in [6.45, 7) is 44.9. The molecule has 26 nitrogen and oxygen atoms in total. The molecular weight excluding hydrogens is 1900 g/mol. The number of hydrogen-bond acceptors (Lipinski definition) is 19. The molecule has 0 fully saturated rings. The number of nitrogens with one attached hydrogen (secondary N) is 5. The third-order valence-electron chi connectivity index (χ3n) is 23.9. The van der Waals surface area contributed by atoms with Crippen molar-refractivity contribution < 1.29 is 4.42 Å². The van der Waals surface area contributed by atoms with Gasteiger partial charge in [-0.25, -0.2) is 29.6 Å². The van der Waals surface area contributed by atoms with E-state index in [1.165, 1.54) is 0 Å². The Hall–Kier alpha value is -16.0. The van der Waals surface area contributed by atoms with Gasteiger partial charge in [0.05, 0.1) is 28.7 Å². The first-order chi connectivity index (χ1) is 68.2. The molecule has 18 heterocycles. The highest BCUT2D eigenvalue weighted by Crippen LogP contribution is 2.44. The smallest absolute Gasteiger partial charge is 0.269 e. The number of nitriles is 1. The number of allylic oxidation sites excluding steroid dienone is 5. The second kappa shape index (κ2) is 41.8. The molecule has 5 aliphatic rings. The Bertz CT molecular complexity index is 7860. The van der Waals surface area contributed by atoms with E-state index in [0.717, 1.165) is 163 Å². The average Bonchev–Trinajstić information content (AvgIpc) is 1.50. The van der Waals surface area contributed by atoms with Crippen molar-refractivity contribution in [3.63, 3.8) is 0 Å². The zero-order chi connectivity index (χ0) is 102. The maximum atomic E-state index is 12.5. The largest absolute Gasteiger partial charge is 0.460 e. The second-order valence-electron chi connectivity index (χ2n) is 36.1. The number of pyridine rings is 10. The summed E-state index contributed by atoms with van der Waals surface area (Å²) in [5, 5.41) is 35.4. The highest BCUT2D eigenvalue weighted by molar-refractivity contribution is 6.32. The fraction of sp³-hybridized carbons (Fsp3) is 0.170. The molecule has 0 amide bonds. The number of furan rings is 1. The molecule has 31 heteroatoms. The van der Waals surface area contributed by atoms with E-state index in [0.29, 0.717) is 51.7 Å². The van der Waals surface area contributed by atoms with Crippen LogP contribution in [0.3, 0.4) is 0 Å². The molecule has 0 atom stereocenters. The molecule has 13 aromatic heterocycles. The van der Waals surface area contributed by atoms with Gasteiger partial charge in [-0.3, -0.25) is 28.7 Å². The standard InChI is InChI=1S/C25H21ClN4O.C23H20ClN3O.C22H20ClN3O2.2C21H20ClN5O/c1-14(2)30-13-19(11-22(26)25(30)31)21-10-17-9-8-15(3)28-24(17)29-23(21)20-7-5-6-18(12-27)16(20)4;1-14(2)27-13-18(12-20(24)23(27)28)19-11-17-10-9-15(3)25-22(17)26-21(19)16-7-5-4-6-8-16;1-12(2)26-11-16(10-18(23)22(26)27)17-9-15-7-5-13(3)24-21(15)25-20(17)19-8-6-14(4)28-19;1-12(2)27-11-15(10-17(22)21(27)28)16-9-14-6-5-13(3)23-20(14)24-19(16)18-7-8-26(4)25-18;1-12(2)26-11-16(10-18(22)21(26)28)17-9-15-6-5-13(3)23-19(15)24-20(17)27-8-7-14(4)25-27/h5-11,13-14H,3H2,1-2,4H3,(H,28,29);4-14H,3H2,1-2H3,(H,25,26);5-12H,3H2,1-2,4H3,(H,24,25);2*5-12H,3H2,1-2,4H3,(H,23,24). The number of rotatable bonds is 15. The van der Waals surface area contributed by atoms with Crippen LogP contribution in [-0.4, -0.2) is 67.3 Å². The Morgan fingerprint density at radius 2 is 0.692 bits per heavy atom. The molecule has 143 heavy (non-hydrogen) atoms. The number of aryl methyl sites for hydroxylation is 3. The lowest BCUT2D eigenvalue weighted by molar-refractivity contribution is 0.546. The highest BCUT2D eigenvalue weighted by Gasteiger charge is 2.28. The lowest BCUT2D eigenvalue weighted by Gasteiger charge is -2.20. The van der Waals surface area contributed by atoms with Crippen LogP contribution in [0.1, 0.15) is 150 Å². The molecular formula is C112H101Cl5N20O6. The van der Waals surface area contributed by atoms with Crippen LogP contribution in [0.4, 0.5) is 29.1 Å². The van der Waals surface area contributed by atoms with Gasteiger partial charge in [0.2, 0.25) is 0 Å². The average molecular weight is 2000 g/mol. The molecule has 0 unspecified atom stereocenters. The number of nitrogens with zero attached hydrogens (tertiary/aromatic N) is 15. The number of halogens is 5. The summed E-state index contributed by atoms with van der Waals surface area (Å²) in [7, 11) is 1.86. The van der Waals surface area contributed by atoms with Gasteiger partial charge in [0.25, 0.3) is 27.8 Å². The SMILES string of the molecule is C=C1C=Cc2cc(-c3cc(Cl)c(=O)n(C(C)C)c3)c(-c3ccc(C)o3)nc2N1.C=C1C=Cc2cc(-c3cc(Cl)c(=O)n(C(C)C)c3)c(-c3cccc(C#N)c3C)nc2N1.C=C1C=Cc2cc(-c3cc(Cl)c(=O)n(C(C)C)c3)c(-c3ccccc3)nc2N1.C=C1C=Cc2cc(-c3cc(Cl)c(=O)n(C(C)C)c3)c(-c3ccn(C)n3)nc2N1.C=C1C=Cc2cc(-c3cc(Cl)c(=O)n(C(C)C)c3)c(-n3ccc(C)n3)nc2N1. The van der Waals surface area contributed by atoms with Gasteiger partial charge in [0.15, 0.2) is 11.6 Å². The van der Waals surface area contributed by atoms with Crippen molar-refractivity contribution in [2.24, 2.45) is 7.05 Å². The maximum absolute atomic E-state index is 12.5. The van der Waals surface area contributed by atoms with Crippen molar-refractivity contribution in [3.05, 3.63) is 396 Å². The summed E-state index contributed by atoms with van der Waals surface area (Å²) in [4.78, 5) is 86.3. The minimum Gasteiger partial charge on any atom is -0.460 e. The van der Waals surface area contributed by atoms with Crippen LogP contribution in [0.25, 0.3) is 137 Å². The van der Waals surface area contributed by atoms with Gasteiger partial charge in [-0.2, -0.15) is 15.5 Å². The van der Waals surface area contributed by atoms with Crippen molar-refractivity contribution in [2.45, 2.75) is 120 Å². The lowest BCUT2D eigenvalue weighted by atomic mass is 9.93. The zero-order valence-corrected chi connectivity index (χ0v) is 84.8. The molecule has 0 saturated heterocycles. The topological polar surface area (TPSA) is 307 Å². The van der Waals surface area contributed by atoms with Gasteiger partial charge in [-0.1, -0.05) is 133 Å². The monoisotopic (exact) mass is 2000 g/mol. The van der Waals surface area contributed by atoms with Crippen LogP contribution < -0.4 is 54.4 Å². The van der Waals surface area contributed by atoms with E-state index in [1.54, 1.807) is 68.6 Å². The quantitative estimate of drug-likeness (QED) is 0.0637. The molecule has 0 radical (unpaired) electrons. The summed E-state index contributed by atoms with van der Waals surface area (Å²) >= 11 is 31.4. The third-order valence-corrected chi connectivity index (χ3v) is 25.3. The number of aromatic nitrogens is 14. The first kappa shape index (κ1) is 100.0. The highest BCUT2D eigenvalue weighted by atomic mass is 35.5. The lowest BCUT2D eigenvalue weighted by Crippen LogP contribution is -2.22. The number of benzene rings is 2. The van der Waals surface area contributed by atoms with Gasteiger partial charge >= 0.3 is 0 Å². The van der Waals surface area contributed by atoms with Gasteiger partial charge in [0.1, 0.15) is 77.0 Å². The predicted octanol–water partition coefficient (Wildman–Crippen LogP) is 26.5. The van der Waals surface area contributed by atoms with Gasteiger partial charge < -0.3 is 53.8 Å². The van der Waals surface area contributed by atoms with E-state index in [2.05, 4.69) is 81.8 Å². The molecule has 0 saturated carbocycles. The Labute approximate surface area is 851 Å². The van der Waals surface area contributed by atoms with Gasteiger partial charge in [-0.05, 0) is 247 Å². The normalized spacial score (nSPS) is 12.8. The van der Waals surface area contributed by atoms with E-state index in [4.69, 9.17) is 87.3 Å². The van der Waals surface area contributed by atoms with Gasteiger partial charge in [0, 0.05) is 204 Å². The number of anilines is 5. The van der Waals surface area contributed by atoms with Crippen molar-refractivity contribution in [1.82, 2.24) is 67.3 Å². The van der Waals surface area contributed by atoms with Crippen LogP contribution in [0.5, 0.6) is 0 Å². The van der Waals surface area contributed by atoms with E-state index in [9.17, 15) is 29.2 Å². The molecule has 0 spiro atoms. The molecule has 15 aromatic rings. The Balaban J connectivity index is 0.000000128. The van der Waals surface area contributed by atoms with Crippen LogP contribution in [-0.2, 0) is 7.05 Å². The fourth-order valence-corrected chi connectivity index (χ4v) is 17.6. The Morgan fingerprint density at radius 3 is 1.04 bits per heavy atom. The summed E-state index contributed by atoms with van der Waals surface area (Å²) in [6.07, 6.45) is 32.2. The first-order valence-corrected chi connectivity index (χ1v) is 47.8. The zero-order valence-electron chi connectivity index (χ0n) is 81.0. The second-order valence-corrected chi connectivity index (χ2v) is 38.1. The Kier molecular flexibility index (Phi) is 29.2. The van der Waals surface area contributed by atoms with E-state index in [1.807, 2.05) is 292 Å². The van der Waals surface area contributed by atoms with Crippen molar-refractivity contribution >= 4 is 117 Å². The summed E-state index contributed by atoms with van der Waals surface area (Å²) < 4.78 is 17.5. The van der Waals surface area contributed by atoms with E-state index >= 15 is 0 Å². The van der Waals surface area contributed by atoms with Crippen LogP contribution in [0, 0.1) is 32.1 Å². The first-order valence-electron chi connectivity index (χ1n) is 45.9. The molecule has 720 valence electrons. The molecule has 5 N–H and O–H groups in total. The van der Waals surface area contributed by atoms with Gasteiger partial charge in [-0.15, -0.1) is 0 Å². The number of hydrogen-bond donors (Lipinski definition) is 5. The van der Waals surface area contributed by atoms with E-state index in [-0.39, 0.29) is 83.1 Å².